The Balaban J connectivity index is 2.50. The third-order valence-electron chi connectivity index (χ3n) is 2.54. The van der Waals surface area contributed by atoms with Crippen LogP contribution in [0.3, 0.4) is 0 Å². The maximum Gasteiger partial charge on any atom is 0.271 e. The van der Waals surface area contributed by atoms with Crippen molar-refractivity contribution in [3.05, 3.63) is 50.1 Å². The van der Waals surface area contributed by atoms with Crippen molar-refractivity contribution >= 4 is 44.6 Å². The summed E-state index contributed by atoms with van der Waals surface area (Å²) in [4.78, 5) is 11.7. The Morgan fingerprint density at radius 2 is 2.16 bits per heavy atom. The summed E-state index contributed by atoms with van der Waals surface area (Å²) in [6.07, 6.45) is 1.42. The summed E-state index contributed by atoms with van der Waals surface area (Å²) >= 11 is 9.09. The number of nitrogens with zero attached hydrogens (tertiary/aromatic N) is 1. The number of pyridine rings is 1. The highest BCUT2D eigenvalue weighted by Gasteiger charge is 2.13. The number of hydrogen-bond acceptors (Lipinski definition) is 3. The van der Waals surface area contributed by atoms with Gasteiger partial charge < -0.3 is 15.6 Å². The zero-order valence-electron chi connectivity index (χ0n) is 9.88. The van der Waals surface area contributed by atoms with Crippen LogP contribution in [0.4, 0.5) is 21.5 Å². The largest absolute Gasteiger partial charge is 0.396 e. The van der Waals surface area contributed by atoms with Gasteiger partial charge >= 0.3 is 0 Å². The number of nitrogen functional groups attached to an aromatic ring is 1. The molecule has 7 heteroatoms. The molecule has 0 aliphatic heterocycles. The van der Waals surface area contributed by atoms with Crippen LogP contribution >= 0.6 is 27.5 Å². The summed E-state index contributed by atoms with van der Waals surface area (Å²) in [5.74, 6) is -0.481. The number of benzene rings is 1. The Kier molecular flexibility index (Phi) is 3.82. The summed E-state index contributed by atoms with van der Waals surface area (Å²) in [5, 5.41) is 2.66. The maximum absolute atomic E-state index is 13.7. The molecular weight excluding hydrogens is 337 g/mol. The highest BCUT2D eigenvalue weighted by atomic mass is 79.9. The molecule has 0 aliphatic carbocycles. The molecule has 0 fully saturated rings. The lowest BCUT2D eigenvalue weighted by molar-refractivity contribution is 0.631. The minimum Gasteiger partial charge on any atom is -0.396 e. The normalized spacial score (nSPS) is 10.5. The van der Waals surface area contributed by atoms with E-state index in [1.165, 1.54) is 29.9 Å². The fourth-order valence-electron chi connectivity index (χ4n) is 1.57. The van der Waals surface area contributed by atoms with Gasteiger partial charge in [-0.2, -0.15) is 0 Å². The second kappa shape index (κ2) is 5.22. The first-order valence-electron chi connectivity index (χ1n) is 5.27. The molecule has 0 saturated carbocycles. The van der Waals surface area contributed by atoms with Crippen molar-refractivity contribution in [2.24, 2.45) is 7.05 Å². The second-order valence-electron chi connectivity index (χ2n) is 3.94. The van der Waals surface area contributed by atoms with Gasteiger partial charge in [0.2, 0.25) is 0 Å². The zero-order valence-corrected chi connectivity index (χ0v) is 12.2. The van der Waals surface area contributed by atoms with Crippen LogP contribution < -0.4 is 16.6 Å². The predicted molar refractivity (Wildman–Crippen MR) is 78.5 cm³/mol. The first-order chi connectivity index (χ1) is 8.90. The van der Waals surface area contributed by atoms with Crippen molar-refractivity contribution in [1.29, 1.82) is 0 Å². The van der Waals surface area contributed by atoms with E-state index in [1.54, 1.807) is 6.07 Å². The number of hydrogen-bond donors (Lipinski definition) is 2. The number of nitrogens with two attached hydrogens (primary N) is 1. The fraction of sp³-hybridized carbons (Fsp3) is 0.0833. The number of nitrogens with one attached hydrogen (secondary N) is 1. The predicted octanol–water partition coefficient (Wildman–Crippen LogP) is 3.27. The Morgan fingerprint density at radius 3 is 2.79 bits per heavy atom. The molecule has 0 bridgehead atoms. The van der Waals surface area contributed by atoms with E-state index in [0.29, 0.717) is 4.47 Å². The van der Waals surface area contributed by atoms with E-state index in [4.69, 9.17) is 17.3 Å². The number of halogens is 3. The van der Waals surface area contributed by atoms with Crippen molar-refractivity contribution in [3.8, 4) is 0 Å². The molecule has 0 saturated heterocycles. The van der Waals surface area contributed by atoms with Gasteiger partial charge in [-0.15, -0.1) is 0 Å². The summed E-state index contributed by atoms with van der Waals surface area (Å²) in [6.45, 7) is 0. The third-order valence-corrected chi connectivity index (χ3v) is 3.38. The van der Waals surface area contributed by atoms with Crippen LogP contribution in [0.2, 0.25) is 5.02 Å². The topological polar surface area (TPSA) is 60.0 Å². The quantitative estimate of drug-likeness (QED) is 0.877. The molecule has 4 nitrogen and oxygen atoms in total. The molecule has 19 heavy (non-hydrogen) atoms. The number of rotatable bonds is 2. The average Bonchev–Trinajstić information content (AvgIpc) is 2.34. The van der Waals surface area contributed by atoms with Crippen molar-refractivity contribution in [2.75, 3.05) is 11.1 Å². The summed E-state index contributed by atoms with van der Waals surface area (Å²) in [5.41, 5.74) is 6.02. The molecule has 0 amide bonds. The van der Waals surface area contributed by atoms with Gasteiger partial charge in [-0.05, 0) is 18.2 Å². The molecule has 2 aromatic rings. The van der Waals surface area contributed by atoms with Gasteiger partial charge in [-0.3, -0.25) is 4.79 Å². The van der Waals surface area contributed by atoms with Gasteiger partial charge in [0.1, 0.15) is 10.8 Å². The highest BCUT2D eigenvalue weighted by Crippen LogP contribution is 2.30. The van der Waals surface area contributed by atoms with Crippen LogP contribution in [-0.4, -0.2) is 4.57 Å². The Labute approximate surface area is 122 Å². The van der Waals surface area contributed by atoms with Crippen LogP contribution in [-0.2, 0) is 7.05 Å². The van der Waals surface area contributed by atoms with Gasteiger partial charge in [-0.25, -0.2) is 4.39 Å². The molecule has 0 radical (unpaired) electrons. The SMILES string of the molecule is Cn1cc(N)c(Nc2ccc(Br)cc2F)c(Cl)c1=O. The highest BCUT2D eigenvalue weighted by molar-refractivity contribution is 9.10. The zero-order chi connectivity index (χ0) is 14.2. The summed E-state index contributed by atoms with van der Waals surface area (Å²) < 4.78 is 15.6. The van der Waals surface area contributed by atoms with Gasteiger partial charge in [0, 0.05) is 17.7 Å². The van der Waals surface area contributed by atoms with E-state index in [0.717, 1.165) is 0 Å². The Morgan fingerprint density at radius 1 is 1.47 bits per heavy atom. The van der Waals surface area contributed by atoms with Crippen LogP contribution in [0.1, 0.15) is 0 Å². The first-order valence-corrected chi connectivity index (χ1v) is 6.44. The molecule has 100 valence electrons. The van der Waals surface area contributed by atoms with Crippen molar-refractivity contribution < 1.29 is 4.39 Å². The van der Waals surface area contributed by atoms with Gasteiger partial charge in [0.05, 0.1) is 17.1 Å². The fourth-order valence-corrected chi connectivity index (χ4v) is 2.20. The third kappa shape index (κ3) is 2.74. The van der Waals surface area contributed by atoms with Gasteiger partial charge in [0.15, 0.2) is 0 Å². The molecule has 3 N–H and O–H groups in total. The van der Waals surface area contributed by atoms with E-state index >= 15 is 0 Å². The van der Waals surface area contributed by atoms with Crippen molar-refractivity contribution in [1.82, 2.24) is 4.57 Å². The van der Waals surface area contributed by atoms with E-state index < -0.39 is 11.4 Å². The molecule has 1 aromatic heterocycles. The molecule has 0 atom stereocenters. The molecule has 1 aromatic carbocycles. The maximum atomic E-state index is 13.7. The lowest BCUT2D eigenvalue weighted by Crippen LogP contribution is -2.19. The molecule has 1 heterocycles. The van der Waals surface area contributed by atoms with Crippen LogP contribution in [0.15, 0.2) is 33.7 Å². The average molecular weight is 347 g/mol. The van der Waals surface area contributed by atoms with E-state index in [9.17, 15) is 9.18 Å². The van der Waals surface area contributed by atoms with E-state index in [1.807, 2.05) is 0 Å². The molecule has 0 unspecified atom stereocenters. The minimum atomic E-state index is -0.481. The standard InChI is InChI=1S/C12H10BrClFN3O/c1-18-5-8(16)11(10(14)12(18)19)17-9-3-2-6(13)4-7(9)15/h2-5,17H,16H2,1H3. The van der Waals surface area contributed by atoms with Crippen molar-refractivity contribution in [3.63, 3.8) is 0 Å². The molecule has 0 spiro atoms. The molecular formula is C12H10BrClFN3O. The lowest BCUT2D eigenvalue weighted by atomic mass is 10.2. The summed E-state index contributed by atoms with van der Waals surface area (Å²) in [7, 11) is 1.54. The van der Waals surface area contributed by atoms with Crippen LogP contribution in [0, 0.1) is 5.82 Å². The summed E-state index contributed by atoms with van der Waals surface area (Å²) in [6, 6.07) is 4.48. The number of anilines is 3. The number of aryl methyl sites for hydroxylation is 1. The Hall–Kier alpha value is -1.53. The van der Waals surface area contributed by atoms with Gasteiger partial charge in [-0.1, -0.05) is 27.5 Å². The van der Waals surface area contributed by atoms with E-state index in [2.05, 4.69) is 21.2 Å². The number of aromatic nitrogens is 1. The van der Waals surface area contributed by atoms with E-state index in [-0.39, 0.29) is 22.1 Å². The monoisotopic (exact) mass is 345 g/mol. The minimum absolute atomic E-state index is 0.0789. The second-order valence-corrected chi connectivity index (χ2v) is 5.23. The molecule has 2 rings (SSSR count). The van der Waals surface area contributed by atoms with Crippen molar-refractivity contribution in [2.45, 2.75) is 0 Å². The molecule has 0 aliphatic rings. The smallest absolute Gasteiger partial charge is 0.271 e. The van der Waals surface area contributed by atoms with Gasteiger partial charge in [0.25, 0.3) is 5.56 Å². The van der Waals surface area contributed by atoms with Crippen LogP contribution in [0.25, 0.3) is 0 Å². The first kappa shape index (κ1) is 13.9. The Bertz CT molecular complexity index is 702. The van der Waals surface area contributed by atoms with Crippen LogP contribution in [0.5, 0.6) is 0 Å². The lowest BCUT2D eigenvalue weighted by Gasteiger charge is -2.13.